The summed E-state index contributed by atoms with van der Waals surface area (Å²) in [7, 11) is 1.53. The molecule has 1 N–H and O–H groups in total. The minimum atomic E-state index is -1.02. The van der Waals surface area contributed by atoms with Crippen LogP contribution in [0.5, 0.6) is 17.2 Å². The van der Waals surface area contributed by atoms with E-state index in [2.05, 4.69) is 29.8 Å². The number of fused-ring (bicyclic) bond motifs is 1. The average Bonchev–Trinajstić information content (AvgIpc) is 3.03. The number of carboxylic acids is 1. The summed E-state index contributed by atoms with van der Waals surface area (Å²) in [6, 6.07) is 21.3. The van der Waals surface area contributed by atoms with E-state index in [1.54, 1.807) is 42.5 Å². The highest BCUT2D eigenvalue weighted by atomic mass is 79.9. The number of aryl methyl sites for hydroxylation is 1. The zero-order chi connectivity index (χ0) is 33.0. The number of ether oxygens (including phenoxy) is 3. The van der Waals surface area contributed by atoms with Gasteiger partial charge in [-0.05, 0) is 85.0 Å². The van der Waals surface area contributed by atoms with Crippen LogP contribution in [0.4, 0.5) is 0 Å². The van der Waals surface area contributed by atoms with Gasteiger partial charge in [0.1, 0.15) is 12.4 Å². The summed E-state index contributed by atoms with van der Waals surface area (Å²) in [5.74, 6) is 1.13. The number of hydrogen-bond acceptors (Lipinski definition) is 7. The van der Waals surface area contributed by atoms with Crippen molar-refractivity contribution >= 4 is 39.0 Å². The van der Waals surface area contributed by atoms with Gasteiger partial charge in [0.05, 0.1) is 36.4 Å². The van der Waals surface area contributed by atoms with Crippen molar-refractivity contribution in [3.63, 3.8) is 0 Å². The lowest BCUT2D eigenvalue weighted by Crippen LogP contribution is -2.21. The van der Waals surface area contributed by atoms with E-state index in [0.717, 1.165) is 22.4 Å². The van der Waals surface area contributed by atoms with Crippen LogP contribution in [0.25, 0.3) is 22.3 Å². The van der Waals surface area contributed by atoms with E-state index in [0.29, 0.717) is 50.4 Å². The molecule has 0 aliphatic carbocycles. The van der Waals surface area contributed by atoms with Gasteiger partial charge in [-0.3, -0.25) is 4.79 Å². The average molecular weight is 685 g/mol. The van der Waals surface area contributed by atoms with Gasteiger partial charge in [-0.1, -0.05) is 54.0 Å². The molecule has 1 aromatic heterocycles. The zero-order valence-electron chi connectivity index (χ0n) is 26.2. The van der Waals surface area contributed by atoms with Crippen LogP contribution in [0.1, 0.15) is 59.3 Å². The van der Waals surface area contributed by atoms with Gasteiger partial charge in [0.2, 0.25) is 0 Å². The predicted molar refractivity (Wildman–Crippen MR) is 183 cm³/mol. The lowest BCUT2D eigenvalue weighted by atomic mass is 9.96. The summed E-state index contributed by atoms with van der Waals surface area (Å²) >= 11 is 3.53. The van der Waals surface area contributed by atoms with E-state index < -0.39 is 5.97 Å². The van der Waals surface area contributed by atoms with Crippen molar-refractivity contribution in [2.24, 2.45) is 5.10 Å². The molecule has 0 unspecified atom stereocenters. The molecular weight excluding hydrogens is 650 g/mol. The molecular formula is C36H34BrN3O6. The van der Waals surface area contributed by atoms with Gasteiger partial charge in [-0.2, -0.15) is 9.78 Å². The number of halogens is 1. The fourth-order valence-electron chi connectivity index (χ4n) is 5.14. The van der Waals surface area contributed by atoms with Gasteiger partial charge >= 0.3 is 5.97 Å². The van der Waals surface area contributed by atoms with Crippen molar-refractivity contribution in [1.82, 2.24) is 9.66 Å². The summed E-state index contributed by atoms with van der Waals surface area (Å²) in [6.07, 6.45) is 1.53. The smallest absolute Gasteiger partial charge is 0.335 e. The Hall–Kier alpha value is -4.96. The maximum atomic E-state index is 14.0. The maximum absolute atomic E-state index is 14.0. The van der Waals surface area contributed by atoms with Crippen LogP contribution in [0, 0.1) is 6.92 Å². The number of para-hydroxylation sites is 1. The topological polar surface area (TPSA) is 112 Å². The Morgan fingerprint density at radius 3 is 2.54 bits per heavy atom. The second-order valence-electron chi connectivity index (χ2n) is 10.9. The molecule has 9 nitrogen and oxygen atoms in total. The van der Waals surface area contributed by atoms with E-state index in [1.165, 1.54) is 24.1 Å². The summed E-state index contributed by atoms with van der Waals surface area (Å²) in [4.78, 5) is 30.4. The third kappa shape index (κ3) is 6.82. The first-order chi connectivity index (χ1) is 22.1. The molecule has 1 heterocycles. The molecule has 10 heteroatoms. The number of aromatic carboxylic acids is 1. The lowest BCUT2D eigenvalue weighted by Gasteiger charge is -2.18. The van der Waals surface area contributed by atoms with E-state index >= 15 is 0 Å². The molecule has 0 saturated carbocycles. The Kier molecular flexibility index (Phi) is 9.87. The van der Waals surface area contributed by atoms with Gasteiger partial charge in [0, 0.05) is 15.6 Å². The van der Waals surface area contributed by atoms with E-state index in [9.17, 15) is 14.7 Å². The Morgan fingerprint density at radius 2 is 1.83 bits per heavy atom. The highest BCUT2D eigenvalue weighted by Gasteiger charge is 2.19. The van der Waals surface area contributed by atoms with Crippen molar-refractivity contribution < 1.29 is 24.1 Å². The fraction of sp³-hybridized carbons (Fsp3) is 0.222. The minimum Gasteiger partial charge on any atom is -0.494 e. The third-order valence-corrected chi connectivity index (χ3v) is 7.87. The molecule has 0 atom stereocenters. The maximum Gasteiger partial charge on any atom is 0.335 e. The van der Waals surface area contributed by atoms with Crippen LogP contribution in [0.15, 0.2) is 87.2 Å². The van der Waals surface area contributed by atoms with Crippen LogP contribution in [-0.4, -0.2) is 40.7 Å². The Bertz CT molecular complexity index is 2020. The van der Waals surface area contributed by atoms with Gasteiger partial charge in [0.25, 0.3) is 5.56 Å². The number of rotatable bonds is 11. The number of carboxylic acid groups (broad SMARTS) is 1. The first-order valence-electron chi connectivity index (χ1n) is 14.8. The molecule has 5 aromatic rings. The number of hydrogen-bond donors (Lipinski definition) is 1. The van der Waals surface area contributed by atoms with Gasteiger partial charge in [-0.25, -0.2) is 9.78 Å². The van der Waals surface area contributed by atoms with Crippen LogP contribution in [-0.2, 0) is 6.61 Å². The second kappa shape index (κ2) is 14.0. The van der Waals surface area contributed by atoms with Gasteiger partial charge in [-0.15, -0.1) is 0 Å². The normalized spacial score (nSPS) is 11.4. The van der Waals surface area contributed by atoms with Crippen LogP contribution >= 0.6 is 15.9 Å². The molecule has 4 aromatic carbocycles. The molecule has 236 valence electrons. The highest BCUT2D eigenvalue weighted by molar-refractivity contribution is 9.10. The molecule has 0 spiro atoms. The highest BCUT2D eigenvalue weighted by Crippen LogP contribution is 2.36. The Morgan fingerprint density at radius 1 is 1.04 bits per heavy atom. The van der Waals surface area contributed by atoms with Crippen molar-refractivity contribution in [2.75, 3.05) is 13.7 Å². The van der Waals surface area contributed by atoms with Crippen LogP contribution < -0.4 is 19.8 Å². The monoisotopic (exact) mass is 683 g/mol. The summed E-state index contributed by atoms with van der Waals surface area (Å²) in [6.45, 7) is 8.71. The van der Waals surface area contributed by atoms with Crippen molar-refractivity contribution in [3.8, 4) is 28.6 Å². The van der Waals surface area contributed by atoms with Crippen LogP contribution in [0.2, 0.25) is 0 Å². The molecule has 0 aliphatic heterocycles. The molecule has 0 bridgehead atoms. The van der Waals surface area contributed by atoms with Gasteiger partial charge in [0.15, 0.2) is 17.3 Å². The lowest BCUT2D eigenvalue weighted by molar-refractivity contribution is 0.0696. The standard InChI is InChI=1S/C36H34BrN3O6/c1-6-45-31-14-22(4)29(18-28(31)21(2)3)34-39-30-13-8-7-12-27(30)35(41)40(34)38-19-25-16-26(37)17-32(44-5)33(25)46-20-23-10-9-11-24(15-23)36(42)43/h7-19,21H,6,20H2,1-5H3,(H,42,43). The number of carbonyl (C=O) groups is 1. The van der Waals surface area contributed by atoms with Crippen molar-refractivity contribution in [1.29, 1.82) is 0 Å². The second-order valence-corrected chi connectivity index (χ2v) is 11.8. The predicted octanol–water partition coefficient (Wildman–Crippen LogP) is 7.82. The van der Waals surface area contributed by atoms with Crippen molar-refractivity contribution in [2.45, 2.75) is 40.2 Å². The molecule has 0 aliphatic rings. The van der Waals surface area contributed by atoms with Crippen molar-refractivity contribution in [3.05, 3.63) is 115 Å². The van der Waals surface area contributed by atoms with Crippen LogP contribution in [0.3, 0.4) is 0 Å². The Balaban J connectivity index is 1.65. The summed E-state index contributed by atoms with van der Waals surface area (Å²) in [5, 5.41) is 14.5. The molecule has 0 saturated heterocycles. The summed E-state index contributed by atoms with van der Waals surface area (Å²) in [5.41, 5.74) is 4.22. The fourth-order valence-corrected chi connectivity index (χ4v) is 5.59. The van der Waals surface area contributed by atoms with E-state index in [4.69, 9.17) is 24.3 Å². The molecule has 5 rings (SSSR count). The van der Waals surface area contributed by atoms with Gasteiger partial charge < -0.3 is 19.3 Å². The molecule has 0 amide bonds. The number of methoxy groups -OCH3 is 1. The number of aromatic nitrogens is 2. The number of benzene rings is 4. The largest absolute Gasteiger partial charge is 0.494 e. The molecule has 0 fully saturated rings. The first-order valence-corrected chi connectivity index (χ1v) is 15.6. The van der Waals surface area contributed by atoms with E-state index in [-0.39, 0.29) is 23.6 Å². The minimum absolute atomic E-state index is 0.0754. The zero-order valence-corrected chi connectivity index (χ0v) is 27.8. The van der Waals surface area contributed by atoms with E-state index in [1.807, 2.05) is 38.1 Å². The summed E-state index contributed by atoms with van der Waals surface area (Å²) < 4.78 is 19.8. The quantitative estimate of drug-likeness (QED) is 0.141. The first kappa shape index (κ1) is 32.4. The molecule has 46 heavy (non-hydrogen) atoms. The third-order valence-electron chi connectivity index (χ3n) is 7.41. The molecule has 0 radical (unpaired) electrons. The Labute approximate surface area is 275 Å². The number of nitrogens with zero attached hydrogens (tertiary/aromatic N) is 3. The SMILES string of the molecule is CCOc1cc(C)c(-c2nc3ccccc3c(=O)n2N=Cc2cc(Br)cc(OC)c2OCc2cccc(C(=O)O)c2)cc1C(C)C.